The number of hydrogen-bond donors (Lipinski definition) is 1. The first-order chi connectivity index (χ1) is 12.8. The molecule has 4 nitrogen and oxygen atoms in total. The Morgan fingerprint density at radius 2 is 1.85 bits per heavy atom. The molecule has 0 aromatic heterocycles. The summed E-state index contributed by atoms with van der Waals surface area (Å²) >= 11 is 0. The lowest BCUT2D eigenvalue weighted by molar-refractivity contribution is -0.124. The molecule has 1 aliphatic rings. The van der Waals surface area contributed by atoms with Gasteiger partial charge in [0.2, 0.25) is 0 Å². The van der Waals surface area contributed by atoms with Crippen molar-refractivity contribution in [3.05, 3.63) is 46.7 Å². The first kappa shape index (κ1) is 21.4. The maximum atomic E-state index is 13.0. The van der Waals surface area contributed by atoms with Gasteiger partial charge in [-0.25, -0.2) is 0 Å². The average molecular weight is 372 g/mol. The molecule has 1 aromatic rings. The average Bonchev–Trinajstić information content (AvgIpc) is 2.85. The van der Waals surface area contributed by atoms with E-state index in [0.717, 1.165) is 60.6 Å². The van der Waals surface area contributed by atoms with Gasteiger partial charge in [-0.2, -0.15) is 0 Å². The van der Waals surface area contributed by atoms with Crippen LogP contribution in [-0.2, 0) is 14.3 Å². The molecule has 2 unspecified atom stereocenters. The van der Waals surface area contributed by atoms with Crippen LogP contribution in [0.2, 0.25) is 0 Å². The third kappa shape index (κ3) is 5.52. The van der Waals surface area contributed by atoms with Crippen molar-refractivity contribution in [1.82, 2.24) is 5.32 Å². The minimum absolute atomic E-state index is 0.0424. The van der Waals surface area contributed by atoms with Crippen molar-refractivity contribution in [2.75, 3.05) is 19.8 Å². The number of Topliss-reactive ketones (excluding diaryl/α,β-unsaturated/α-hetero) is 2. The molecule has 0 spiro atoms. The van der Waals surface area contributed by atoms with E-state index >= 15 is 0 Å². The van der Waals surface area contributed by atoms with Gasteiger partial charge >= 0.3 is 0 Å². The lowest BCUT2D eigenvalue weighted by atomic mass is 9.86. The van der Waals surface area contributed by atoms with E-state index in [-0.39, 0.29) is 17.5 Å². The summed E-state index contributed by atoms with van der Waals surface area (Å²) in [7, 11) is 0. The van der Waals surface area contributed by atoms with Crippen LogP contribution in [0.3, 0.4) is 0 Å². The Balaban J connectivity index is 1.93. The van der Waals surface area contributed by atoms with E-state index in [2.05, 4.69) is 31.0 Å². The highest BCUT2D eigenvalue weighted by molar-refractivity contribution is 6.15. The van der Waals surface area contributed by atoms with Gasteiger partial charge in [0.25, 0.3) is 0 Å². The fourth-order valence-electron chi connectivity index (χ4n) is 4.03. The minimum Gasteiger partial charge on any atom is -0.389 e. The zero-order valence-corrected chi connectivity index (χ0v) is 17.2. The highest BCUT2D eigenvalue weighted by Gasteiger charge is 2.43. The van der Waals surface area contributed by atoms with Crippen molar-refractivity contribution in [2.24, 2.45) is 5.92 Å². The molecule has 1 saturated carbocycles. The molecule has 1 fully saturated rings. The number of ether oxygens (including phenoxy) is 1. The van der Waals surface area contributed by atoms with Crippen LogP contribution in [0.25, 0.3) is 0 Å². The molecule has 2 rings (SSSR count). The van der Waals surface area contributed by atoms with Crippen LogP contribution >= 0.6 is 0 Å². The number of nitrogens with one attached hydrogen (secondary N) is 1. The molecule has 0 bridgehead atoms. The highest BCUT2D eigenvalue weighted by atomic mass is 16.5. The Kier molecular flexibility index (Phi) is 7.78. The number of hydrogen-bond acceptors (Lipinski definition) is 4. The van der Waals surface area contributed by atoms with Crippen molar-refractivity contribution in [1.29, 1.82) is 0 Å². The fourth-order valence-corrected chi connectivity index (χ4v) is 4.03. The van der Waals surface area contributed by atoms with E-state index in [0.29, 0.717) is 12.8 Å². The Bertz CT molecular complexity index is 685. The number of carbonyl (C=O) groups excluding carboxylic acids is 2. The molecule has 1 aliphatic carbocycles. The lowest BCUT2D eigenvalue weighted by Crippen LogP contribution is -2.21. The number of ketones is 2. The maximum Gasteiger partial charge on any atom is 0.151 e. The molecule has 0 radical (unpaired) electrons. The van der Waals surface area contributed by atoms with Gasteiger partial charge in [0.1, 0.15) is 11.7 Å². The fraction of sp³-hybridized carbons (Fsp3) is 0.565. The molecule has 0 heterocycles. The van der Waals surface area contributed by atoms with Crippen molar-refractivity contribution in [3.8, 4) is 0 Å². The maximum absolute atomic E-state index is 13.0. The third-order valence-corrected chi connectivity index (χ3v) is 5.16. The van der Waals surface area contributed by atoms with E-state index < -0.39 is 5.92 Å². The summed E-state index contributed by atoms with van der Waals surface area (Å²) in [5.74, 6) is -0.783. The van der Waals surface area contributed by atoms with Crippen LogP contribution in [0.1, 0.15) is 60.8 Å². The molecule has 2 atom stereocenters. The van der Waals surface area contributed by atoms with Crippen LogP contribution in [0.15, 0.2) is 24.4 Å². The highest BCUT2D eigenvalue weighted by Crippen LogP contribution is 2.38. The summed E-state index contributed by atoms with van der Waals surface area (Å²) in [6.07, 6.45) is 2.78. The van der Waals surface area contributed by atoms with Gasteiger partial charge in [0.15, 0.2) is 5.78 Å². The SMILES string of the molecule is C=C(CC1CC(=O)C(c2c(C)cc(C)cc2C)C1=O)NCCCOCCC. The Hall–Kier alpha value is -1.94. The predicted octanol–water partition coefficient (Wildman–Crippen LogP) is 4.16. The largest absolute Gasteiger partial charge is 0.389 e. The van der Waals surface area contributed by atoms with Crippen LogP contribution in [-0.4, -0.2) is 31.3 Å². The predicted molar refractivity (Wildman–Crippen MR) is 109 cm³/mol. The van der Waals surface area contributed by atoms with Crippen LogP contribution in [0.4, 0.5) is 0 Å². The van der Waals surface area contributed by atoms with E-state index in [9.17, 15) is 9.59 Å². The van der Waals surface area contributed by atoms with E-state index in [1.54, 1.807) is 0 Å². The van der Waals surface area contributed by atoms with Crippen LogP contribution in [0.5, 0.6) is 0 Å². The van der Waals surface area contributed by atoms with E-state index in [4.69, 9.17) is 4.74 Å². The van der Waals surface area contributed by atoms with Crippen molar-refractivity contribution in [3.63, 3.8) is 0 Å². The Morgan fingerprint density at radius 3 is 2.48 bits per heavy atom. The van der Waals surface area contributed by atoms with Gasteiger partial charge in [-0.15, -0.1) is 0 Å². The molecule has 27 heavy (non-hydrogen) atoms. The number of rotatable bonds is 10. The normalized spacial score (nSPS) is 19.6. The van der Waals surface area contributed by atoms with Crippen molar-refractivity contribution < 1.29 is 14.3 Å². The second kappa shape index (κ2) is 9.84. The molecule has 1 aromatic carbocycles. The van der Waals surface area contributed by atoms with Gasteiger partial charge in [0, 0.05) is 37.8 Å². The topological polar surface area (TPSA) is 55.4 Å². The quantitative estimate of drug-likeness (QED) is 0.495. The summed E-state index contributed by atoms with van der Waals surface area (Å²) in [5, 5.41) is 3.27. The molecule has 148 valence electrons. The van der Waals surface area contributed by atoms with Gasteiger partial charge in [-0.1, -0.05) is 31.2 Å². The number of carbonyl (C=O) groups is 2. The zero-order valence-electron chi connectivity index (χ0n) is 17.2. The number of aryl methyl sites for hydroxylation is 3. The van der Waals surface area contributed by atoms with Crippen LogP contribution < -0.4 is 5.32 Å². The monoisotopic (exact) mass is 371 g/mol. The number of benzene rings is 1. The minimum atomic E-state index is -0.606. The van der Waals surface area contributed by atoms with E-state index in [1.165, 1.54) is 0 Å². The lowest BCUT2D eigenvalue weighted by Gasteiger charge is -2.17. The van der Waals surface area contributed by atoms with Gasteiger partial charge in [-0.3, -0.25) is 9.59 Å². The molecule has 0 amide bonds. The Labute approximate surface area is 163 Å². The summed E-state index contributed by atoms with van der Waals surface area (Å²) in [6, 6.07) is 4.11. The van der Waals surface area contributed by atoms with Gasteiger partial charge in [0.05, 0.1) is 0 Å². The third-order valence-electron chi connectivity index (χ3n) is 5.16. The summed E-state index contributed by atoms with van der Waals surface area (Å²) in [4.78, 5) is 25.6. The van der Waals surface area contributed by atoms with Gasteiger partial charge in [-0.05, 0) is 56.7 Å². The zero-order chi connectivity index (χ0) is 20.0. The first-order valence-corrected chi connectivity index (χ1v) is 9.98. The molecular weight excluding hydrogens is 338 g/mol. The molecule has 4 heteroatoms. The summed E-state index contributed by atoms with van der Waals surface area (Å²) < 4.78 is 5.45. The van der Waals surface area contributed by atoms with Crippen molar-refractivity contribution >= 4 is 11.6 Å². The smallest absolute Gasteiger partial charge is 0.151 e. The van der Waals surface area contributed by atoms with Crippen LogP contribution in [0, 0.1) is 26.7 Å². The molecule has 0 aliphatic heterocycles. The van der Waals surface area contributed by atoms with E-state index in [1.807, 2.05) is 20.8 Å². The molecular formula is C23H33NO3. The standard InChI is InChI=1S/C23H33NO3/c1-6-9-27-10-7-8-24-18(5)13-19-14-20(25)22(23(19)26)21-16(3)11-15(2)12-17(21)4/h11-12,19,22,24H,5-10,13-14H2,1-4H3. The number of allylic oxidation sites excluding steroid dienone is 1. The molecule has 0 saturated heterocycles. The second-order valence-corrected chi connectivity index (χ2v) is 7.72. The first-order valence-electron chi connectivity index (χ1n) is 9.98. The summed E-state index contributed by atoms with van der Waals surface area (Å²) in [5.41, 5.74) is 4.95. The summed E-state index contributed by atoms with van der Waals surface area (Å²) in [6.45, 7) is 14.4. The Morgan fingerprint density at radius 1 is 1.19 bits per heavy atom. The molecule has 1 N–H and O–H groups in total. The van der Waals surface area contributed by atoms with Crippen molar-refractivity contribution in [2.45, 2.75) is 59.3 Å². The second-order valence-electron chi connectivity index (χ2n) is 7.72. The van der Waals surface area contributed by atoms with Gasteiger partial charge < -0.3 is 10.1 Å².